The van der Waals surface area contributed by atoms with Crippen molar-refractivity contribution in [3.63, 3.8) is 0 Å². The first-order valence-electron chi connectivity index (χ1n) is 6.30. The number of nitrogens with zero attached hydrogens (tertiary/aromatic N) is 4. The lowest BCUT2D eigenvalue weighted by atomic mass is 10.1. The molecule has 21 heavy (non-hydrogen) atoms. The van der Waals surface area contributed by atoms with E-state index in [2.05, 4.69) is 10.3 Å². The molecule has 0 saturated carbocycles. The van der Waals surface area contributed by atoms with Crippen LogP contribution in [0.25, 0.3) is 0 Å². The number of hydrogen-bond donors (Lipinski definition) is 2. The number of nitrogens with two attached hydrogens (primary N) is 1. The fourth-order valence-electron chi connectivity index (χ4n) is 2.03. The first-order valence-corrected chi connectivity index (χ1v) is 6.30. The third-order valence-corrected chi connectivity index (χ3v) is 3.16. The first kappa shape index (κ1) is 14.6. The van der Waals surface area contributed by atoms with Gasteiger partial charge < -0.3 is 15.8 Å². The van der Waals surface area contributed by atoms with Gasteiger partial charge in [0.05, 0.1) is 5.69 Å². The number of carbonyl (C=O) groups is 1. The van der Waals surface area contributed by atoms with Crippen molar-refractivity contribution in [2.24, 2.45) is 17.9 Å². The third kappa shape index (κ3) is 2.86. The van der Waals surface area contributed by atoms with Gasteiger partial charge in [-0.3, -0.25) is 9.48 Å². The molecule has 7 heteroatoms. The van der Waals surface area contributed by atoms with Gasteiger partial charge in [0.1, 0.15) is 5.69 Å². The molecule has 0 bridgehead atoms. The SMILES string of the molecule is Cc1cc(C(=O)N(C)c2cccc(C(N)=NO)c2)n(C)n1. The molecule has 0 aliphatic carbocycles. The van der Waals surface area contributed by atoms with Gasteiger partial charge in [-0.2, -0.15) is 5.10 Å². The van der Waals surface area contributed by atoms with Crippen LogP contribution in [-0.2, 0) is 7.05 Å². The summed E-state index contributed by atoms with van der Waals surface area (Å²) in [5.41, 5.74) is 8.01. The Morgan fingerprint density at radius 3 is 2.71 bits per heavy atom. The molecule has 0 saturated heterocycles. The maximum atomic E-state index is 12.5. The maximum absolute atomic E-state index is 12.5. The van der Waals surface area contributed by atoms with E-state index in [9.17, 15) is 4.79 Å². The van der Waals surface area contributed by atoms with Crippen molar-refractivity contribution in [1.29, 1.82) is 0 Å². The maximum Gasteiger partial charge on any atom is 0.276 e. The molecule has 7 nitrogen and oxygen atoms in total. The number of rotatable bonds is 3. The number of oxime groups is 1. The Balaban J connectivity index is 2.34. The van der Waals surface area contributed by atoms with E-state index in [0.29, 0.717) is 16.9 Å². The molecule has 1 amide bonds. The predicted molar refractivity (Wildman–Crippen MR) is 79.6 cm³/mol. The van der Waals surface area contributed by atoms with Crippen molar-refractivity contribution < 1.29 is 10.0 Å². The van der Waals surface area contributed by atoms with Gasteiger partial charge in [-0.15, -0.1) is 0 Å². The monoisotopic (exact) mass is 287 g/mol. The minimum Gasteiger partial charge on any atom is -0.409 e. The van der Waals surface area contributed by atoms with Gasteiger partial charge in [0.15, 0.2) is 5.84 Å². The second kappa shape index (κ2) is 5.66. The average Bonchev–Trinajstić information content (AvgIpc) is 2.83. The van der Waals surface area contributed by atoms with Gasteiger partial charge in [0, 0.05) is 25.3 Å². The number of aryl methyl sites for hydroxylation is 2. The normalized spacial score (nSPS) is 11.5. The molecule has 0 fully saturated rings. The molecular weight excluding hydrogens is 270 g/mol. The number of amidine groups is 1. The van der Waals surface area contributed by atoms with Crippen molar-refractivity contribution in [3.05, 3.63) is 47.3 Å². The fraction of sp³-hybridized carbons (Fsp3) is 0.214. The van der Waals surface area contributed by atoms with E-state index in [1.807, 2.05) is 6.92 Å². The van der Waals surface area contributed by atoms with E-state index in [1.54, 1.807) is 49.1 Å². The van der Waals surface area contributed by atoms with Crippen LogP contribution in [0.1, 0.15) is 21.7 Å². The molecule has 110 valence electrons. The van der Waals surface area contributed by atoms with Gasteiger partial charge in [-0.25, -0.2) is 0 Å². The highest BCUT2D eigenvalue weighted by Gasteiger charge is 2.18. The summed E-state index contributed by atoms with van der Waals surface area (Å²) in [6, 6.07) is 8.61. The van der Waals surface area contributed by atoms with Gasteiger partial charge in [-0.05, 0) is 25.1 Å². The second-order valence-corrected chi connectivity index (χ2v) is 4.69. The molecule has 0 aliphatic heterocycles. The molecule has 0 radical (unpaired) electrons. The number of hydrogen-bond acceptors (Lipinski definition) is 4. The number of carbonyl (C=O) groups excluding carboxylic acids is 1. The van der Waals surface area contributed by atoms with Gasteiger partial charge in [0.2, 0.25) is 0 Å². The molecule has 0 spiro atoms. The Bertz CT molecular complexity index is 705. The summed E-state index contributed by atoms with van der Waals surface area (Å²) >= 11 is 0. The highest BCUT2D eigenvalue weighted by atomic mass is 16.4. The van der Waals surface area contributed by atoms with Crippen LogP contribution in [-0.4, -0.2) is 33.8 Å². The molecule has 1 aromatic heterocycles. The number of benzene rings is 1. The Hall–Kier alpha value is -2.83. The summed E-state index contributed by atoms with van der Waals surface area (Å²) in [5, 5.41) is 15.8. The van der Waals surface area contributed by atoms with Crippen LogP contribution in [0, 0.1) is 6.92 Å². The minimum absolute atomic E-state index is 0.00548. The minimum atomic E-state index is -0.185. The van der Waals surface area contributed by atoms with Crippen LogP contribution in [0.4, 0.5) is 5.69 Å². The van der Waals surface area contributed by atoms with Crippen LogP contribution < -0.4 is 10.6 Å². The van der Waals surface area contributed by atoms with E-state index < -0.39 is 0 Å². The van der Waals surface area contributed by atoms with Crippen molar-refractivity contribution in [3.8, 4) is 0 Å². The van der Waals surface area contributed by atoms with Crippen LogP contribution in [0.5, 0.6) is 0 Å². The van der Waals surface area contributed by atoms with Crippen molar-refractivity contribution in [2.45, 2.75) is 6.92 Å². The van der Waals surface area contributed by atoms with Crippen molar-refractivity contribution in [2.75, 3.05) is 11.9 Å². The molecule has 0 aliphatic rings. The van der Waals surface area contributed by atoms with E-state index >= 15 is 0 Å². The summed E-state index contributed by atoms with van der Waals surface area (Å²) in [6.07, 6.45) is 0. The predicted octanol–water partition coefficient (Wildman–Crippen LogP) is 1.10. The molecule has 1 aromatic carbocycles. The Labute approximate surface area is 122 Å². The van der Waals surface area contributed by atoms with Crippen LogP contribution in [0.3, 0.4) is 0 Å². The summed E-state index contributed by atoms with van der Waals surface area (Å²) in [4.78, 5) is 14.0. The van der Waals surface area contributed by atoms with Crippen LogP contribution in [0.15, 0.2) is 35.5 Å². The van der Waals surface area contributed by atoms with E-state index in [1.165, 1.54) is 4.90 Å². The molecule has 2 rings (SSSR count). The zero-order valence-corrected chi connectivity index (χ0v) is 12.1. The Morgan fingerprint density at radius 1 is 1.43 bits per heavy atom. The summed E-state index contributed by atoms with van der Waals surface area (Å²) in [6.45, 7) is 1.83. The van der Waals surface area contributed by atoms with Gasteiger partial charge >= 0.3 is 0 Å². The molecule has 1 heterocycles. The summed E-state index contributed by atoms with van der Waals surface area (Å²) in [7, 11) is 3.39. The van der Waals surface area contributed by atoms with E-state index in [-0.39, 0.29) is 11.7 Å². The zero-order valence-electron chi connectivity index (χ0n) is 12.1. The van der Waals surface area contributed by atoms with Crippen molar-refractivity contribution in [1.82, 2.24) is 9.78 Å². The average molecular weight is 287 g/mol. The van der Waals surface area contributed by atoms with E-state index in [4.69, 9.17) is 10.9 Å². The Morgan fingerprint density at radius 2 is 2.14 bits per heavy atom. The molecule has 2 aromatic rings. The molecule has 0 atom stereocenters. The topological polar surface area (TPSA) is 96.7 Å². The molecular formula is C14H17N5O2. The van der Waals surface area contributed by atoms with Crippen molar-refractivity contribution >= 4 is 17.4 Å². The van der Waals surface area contributed by atoms with Crippen LogP contribution >= 0.6 is 0 Å². The number of anilines is 1. The Kier molecular flexibility index (Phi) is 3.93. The van der Waals surface area contributed by atoms with Gasteiger partial charge in [0.25, 0.3) is 5.91 Å². The first-order chi connectivity index (χ1) is 9.93. The lowest BCUT2D eigenvalue weighted by Crippen LogP contribution is -2.28. The fourth-order valence-corrected chi connectivity index (χ4v) is 2.03. The highest BCUT2D eigenvalue weighted by Crippen LogP contribution is 2.17. The van der Waals surface area contributed by atoms with Crippen LogP contribution in [0.2, 0.25) is 0 Å². The zero-order chi connectivity index (χ0) is 15.6. The third-order valence-electron chi connectivity index (χ3n) is 3.16. The molecule has 3 N–H and O–H groups in total. The lowest BCUT2D eigenvalue weighted by Gasteiger charge is -2.18. The van der Waals surface area contributed by atoms with E-state index in [0.717, 1.165) is 5.69 Å². The summed E-state index contributed by atoms with van der Waals surface area (Å²) in [5.74, 6) is -0.191. The number of aromatic nitrogens is 2. The highest BCUT2D eigenvalue weighted by molar-refractivity contribution is 6.05. The standard InChI is InChI=1S/C14H17N5O2/c1-9-7-12(19(3)16-9)14(20)18(2)11-6-4-5-10(8-11)13(15)17-21/h4-8,21H,1-3H3,(H2,15,17). The molecule has 0 unspecified atom stereocenters. The number of amides is 1. The quantitative estimate of drug-likeness (QED) is 0.382. The smallest absolute Gasteiger partial charge is 0.276 e. The lowest BCUT2D eigenvalue weighted by molar-refractivity contribution is 0.0984. The summed E-state index contributed by atoms with van der Waals surface area (Å²) < 4.78 is 1.54. The van der Waals surface area contributed by atoms with Gasteiger partial charge in [-0.1, -0.05) is 17.3 Å². The second-order valence-electron chi connectivity index (χ2n) is 4.69. The largest absolute Gasteiger partial charge is 0.409 e.